The van der Waals surface area contributed by atoms with Crippen molar-refractivity contribution < 1.29 is 9.59 Å². The van der Waals surface area contributed by atoms with Gasteiger partial charge in [-0.2, -0.15) is 0 Å². The van der Waals surface area contributed by atoms with E-state index < -0.39 is 5.54 Å². The monoisotopic (exact) mass is 584 g/mol. The molecule has 42 heavy (non-hydrogen) atoms. The average Bonchev–Trinajstić information content (AvgIpc) is 3.37. The fourth-order valence-corrected chi connectivity index (χ4v) is 6.07. The fraction of sp³-hybridized carbons (Fsp3) is 0.364. The number of nitrogens with one attached hydrogen (secondary N) is 2. The second-order valence-corrected chi connectivity index (χ2v) is 11.9. The highest BCUT2D eigenvalue weighted by Crippen LogP contribution is 2.33. The first kappa shape index (κ1) is 29.5. The zero-order valence-electron chi connectivity index (χ0n) is 24.6. The van der Waals surface area contributed by atoms with Gasteiger partial charge in [0.15, 0.2) is 5.11 Å². The lowest BCUT2D eigenvalue weighted by Crippen LogP contribution is -2.64. The Morgan fingerprint density at radius 2 is 1.57 bits per heavy atom. The molecular formula is C33H40N6O2S. The summed E-state index contributed by atoms with van der Waals surface area (Å²) in [5, 5.41) is 7.09. The van der Waals surface area contributed by atoms with Gasteiger partial charge in [0.25, 0.3) is 0 Å². The second kappa shape index (κ2) is 12.9. The molecule has 3 aromatic carbocycles. The summed E-state index contributed by atoms with van der Waals surface area (Å²) in [6.07, 6.45) is 1.08. The van der Waals surface area contributed by atoms with Crippen molar-refractivity contribution in [3.05, 3.63) is 96.1 Å². The van der Waals surface area contributed by atoms with E-state index in [0.29, 0.717) is 49.8 Å². The summed E-state index contributed by atoms with van der Waals surface area (Å²) in [6.45, 7) is 2.46. The van der Waals surface area contributed by atoms with Gasteiger partial charge in [-0.1, -0.05) is 60.7 Å². The molecule has 5 rings (SSSR count). The summed E-state index contributed by atoms with van der Waals surface area (Å²) in [5.74, 6) is -0.263. The number of benzene rings is 3. The number of hydrogen-bond acceptors (Lipinski definition) is 5. The van der Waals surface area contributed by atoms with Gasteiger partial charge in [0, 0.05) is 51.6 Å². The molecule has 2 heterocycles. The van der Waals surface area contributed by atoms with Crippen LogP contribution in [0, 0.1) is 0 Å². The van der Waals surface area contributed by atoms with E-state index in [4.69, 9.17) is 12.2 Å². The van der Waals surface area contributed by atoms with Crippen molar-refractivity contribution in [2.24, 2.45) is 0 Å². The van der Waals surface area contributed by atoms with Crippen LogP contribution in [0.4, 0.5) is 11.4 Å². The molecule has 1 atom stereocenters. The lowest BCUT2D eigenvalue weighted by Gasteiger charge is -2.47. The SMILES string of the molecule is CN1CCC(C(=O)Nc2ccc(N(C)C)cc2)(N(Cc2ccccc2)C(=O)CN2C[C@@H](c3ccccc3)NC2=S)CC1. The van der Waals surface area contributed by atoms with Crippen LogP contribution < -0.4 is 15.5 Å². The number of thiocarbonyl (C=S) groups is 1. The largest absolute Gasteiger partial charge is 0.378 e. The number of likely N-dealkylation sites (tertiary alicyclic amines) is 1. The molecule has 2 fully saturated rings. The number of hydrogen-bond donors (Lipinski definition) is 2. The maximum Gasteiger partial charge on any atom is 0.250 e. The molecule has 0 radical (unpaired) electrons. The number of anilines is 2. The molecule has 8 nitrogen and oxygen atoms in total. The Balaban J connectivity index is 1.43. The van der Waals surface area contributed by atoms with Crippen molar-refractivity contribution in [2.75, 3.05) is 57.5 Å². The van der Waals surface area contributed by atoms with Crippen LogP contribution in [0.1, 0.15) is 30.0 Å². The molecule has 0 aliphatic carbocycles. The second-order valence-electron chi connectivity index (χ2n) is 11.5. The van der Waals surface area contributed by atoms with Gasteiger partial charge >= 0.3 is 0 Å². The summed E-state index contributed by atoms with van der Waals surface area (Å²) >= 11 is 5.67. The van der Waals surface area contributed by atoms with Gasteiger partial charge < -0.3 is 30.2 Å². The van der Waals surface area contributed by atoms with Crippen molar-refractivity contribution in [1.82, 2.24) is 20.0 Å². The van der Waals surface area contributed by atoms with Crippen LogP contribution >= 0.6 is 12.2 Å². The Bertz CT molecular complexity index is 1370. The summed E-state index contributed by atoms with van der Waals surface area (Å²) < 4.78 is 0. The predicted molar refractivity (Wildman–Crippen MR) is 172 cm³/mol. The molecular weight excluding hydrogens is 544 g/mol. The van der Waals surface area contributed by atoms with Crippen LogP contribution in [-0.2, 0) is 16.1 Å². The lowest BCUT2D eigenvalue weighted by atomic mass is 9.83. The summed E-state index contributed by atoms with van der Waals surface area (Å²) in [5.41, 5.74) is 2.87. The molecule has 0 unspecified atom stereocenters. The van der Waals surface area contributed by atoms with E-state index in [1.54, 1.807) is 0 Å². The zero-order chi connectivity index (χ0) is 29.7. The number of nitrogens with zero attached hydrogens (tertiary/aromatic N) is 4. The van der Waals surface area contributed by atoms with Crippen molar-refractivity contribution >= 4 is 40.5 Å². The zero-order valence-corrected chi connectivity index (χ0v) is 25.4. The minimum absolute atomic E-state index is 0.0137. The van der Waals surface area contributed by atoms with Gasteiger partial charge in [0.1, 0.15) is 5.54 Å². The third-order valence-electron chi connectivity index (χ3n) is 8.40. The van der Waals surface area contributed by atoms with E-state index in [2.05, 4.69) is 34.7 Å². The molecule has 2 saturated heterocycles. The molecule has 0 bridgehead atoms. The first-order valence-electron chi connectivity index (χ1n) is 14.5. The van der Waals surface area contributed by atoms with E-state index in [-0.39, 0.29) is 24.4 Å². The number of amides is 2. The van der Waals surface area contributed by atoms with Crippen LogP contribution in [0.2, 0.25) is 0 Å². The number of rotatable bonds is 9. The van der Waals surface area contributed by atoms with Gasteiger partial charge in [-0.15, -0.1) is 0 Å². The molecule has 0 spiro atoms. The van der Waals surface area contributed by atoms with Crippen LogP contribution in [0.15, 0.2) is 84.9 Å². The lowest BCUT2D eigenvalue weighted by molar-refractivity contribution is -0.149. The topological polar surface area (TPSA) is 71.2 Å². The highest BCUT2D eigenvalue weighted by molar-refractivity contribution is 7.80. The van der Waals surface area contributed by atoms with Gasteiger partial charge in [0.05, 0.1) is 12.6 Å². The van der Waals surface area contributed by atoms with Gasteiger partial charge in [0.2, 0.25) is 11.8 Å². The molecule has 9 heteroatoms. The van der Waals surface area contributed by atoms with Crippen LogP contribution in [0.5, 0.6) is 0 Å². The van der Waals surface area contributed by atoms with E-state index in [0.717, 1.165) is 16.8 Å². The van der Waals surface area contributed by atoms with Crippen molar-refractivity contribution in [3.8, 4) is 0 Å². The number of carbonyl (C=O) groups excluding carboxylic acids is 2. The summed E-state index contributed by atoms with van der Waals surface area (Å²) in [7, 11) is 6.03. The standard InChI is InChI=1S/C33H40N6O2S/c1-36(2)28-16-14-27(15-17-28)34-31(41)33(18-20-37(3)21-19-33)39(22-25-10-6-4-7-11-25)30(40)24-38-23-29(35-32(38)42)26-12-8-5-9-13-26/h4-17,29H,18-24H2,1-3H3,(H,34,41)(H,35,42)/t29-/m0/s1. The molecule has 2 aliphatic rings. The van der Waals surface area contributed by atoms with Gasteiger partial charge in [-0.25, -0.2) is 0 Å². The Labute approximate surface area is 254 Å². The number of carbonyl (C=O) groups is 2. The van der Waals surface area contributed by atoms with E-state index in [1.165, 1.54) is 0 Å². The van der Waals surface area contributed by atoms with Gasteiger partial charge in [-0.3, -0.25) is 9.59 Å². The Morgan fingerprint density at radius 3 is 2.19 bits per heavy atom. The molecule has 2 N–H and O–H groups in total. The van der Waals surface area contributed by atoms with E-state index in [9.17, 15) is 9.59 Å². The van der Waals surface area contributed by atoms with Crippen molar-refractivity contribution in [3.63, 3.8) is 0 Å². The fourth-order valence-electron chi connectivity index (χ4n) is 5.79. The molecule has 3 aromatic rings. The van der Waals surface area contributed by atoms with Gasteiger partial charge in [-0.05, 0) is 67.5 Å². The van der Waals surface area contributed by atoms with E-state index >= 15 is 0 Å². The highest BCUT2D eigenvalue weighted by atomic mass is 32.1. The highest BCUT2D eigenvalue weighted by Gasteiger charge is 2.48. The Hall–Kier alpha value is -3.95. The summed E-state index contributed by atoms with van der Waals surface area (Å²) in [4.78, 5) is 36.6. The third kappa shape index (κ3) is 6.58. The number of piperidine rings is 1. The third-order valence-corrected chi connectivity index (χ3v) is 8.77. The van der Waals surface area contributed by atoms with E-state index in [1.807, 2.05) is 102 Å². The first-order valence-corrected chi connectivity index (χ1v) is 14.9. The minimum atomic E-state index is -1.01. The predicted octanol–water partition coefficient (Wildman–Crippen LogP) is 4.12. The maximum absolute atomic E-state index is 14.4. The Morgan fingerprint density at radius 1 is 0.952 bits per heavy atom. The molecule has 0 saturated carbocycles. The first-order chi connectivity index (χ1) is 20.2. The molecule has 220 valence electrons. The molecule has 0 aromatic heterocycles. The molecule has 2 aliphatic heterocycles. The van der Waals surface area contributed by atoms with Crippen molar-refractivity contribution in [2.45, 2.75) is 31.0 Å². The smallest absolute Gasteiger partial charge is 0.250 e. The van der Waals surface area contributed by atoms with Crippen LogP contribution in [-0.4, -0.2) is 84.5 Å². The summed E-state index contributed by atoms with van der Waals surface area (Å²) in [6, 6.07) is 27.8. The molecule has 2 amide bonds. The quantitative estimate of drug-likeness (QED) is 0.367. The van der Waals surface area contributed by atoms with Crippen molar-refractivity contribution in [1.29, 1.82) is 0 Å². The maximum atomic E-state index is 14.4. The minimum Gasteiger partial charge on any atom is -0.378 e. The normalized spacial score (nSPS) is 18.3. The van der Waals surface area contributed by atoms with Crippen LogP contribution in [0.25, 0.3) is 0 Å². The van der Waals surface area contributed by atoms with Crippen LogP contribution in [0.3, 0.4) is 0 Å². The average molecular weight is 585 g/mol. The Kier molecular flexibility index (Phi) is 9.09.